The van der Waals surface area contributed by atoms with Crippen LogP contribution in [0.1, 0.15) is 64.5 Å². The maximum absolute atomic E-state index is 13.6. The maximum Gasteiger partial charge on any atom is 0.150 e. The predicted octanol–water partition coefficient (Wildman–Crippen LogP) is 4.01. The van der Waals surface area contributed by atoms with Crippen molar-refractivity contribution in [3.05, 3.63) is 29.6 Å². The average molecular weight is 372 g/mol. The molecule has 0 saturated heterocycles. The second kappa shape index (κ2) is 8.49. The van der Waals surface area contributed by atoms with Crippen LogP contribution in [0.2, 0.25) is 0 Å². The summed E-state index contributed by atoms with van der Waals surface area (Å²) in [6.45, 7) is 6.61. The van der Waals surface area contributed by atoms with E-state index in [1.54, 1.807) is 19.1 Å². The molecule has 0 aliphatic carbocycles. The number of fused-ring (bicyclic) bond motifs is 1. The molecule has 0 radical (unpaired) electrons. The molecule has 1 aromatic rings. The van der Waals surface area contributed by atoms with Gasteiger partial charge in [-0.3, -0.25) is 0 Å². The van der Waals surface area contributed by atoms with Crippen molar-refractivity contribution >= 4 is 9.84 Å². The van der Waals surface area contributed by atoms with Gasteiger partial charge in [-0.15, -0.1) is 0 Å². The lowest BCUT2D eigenvalue weighted by molar-refractivity contribution is 0.0658. The fraction of sp³-hybridized carbons (Fsp3) is 0.684. The number of hydrogen-bond donors (Lipinski definition) is 1. The SMILES string of the molecule is CCS(=O)(=O)CCCCCCNC1CC(C)(C)Oc2ccc(F)cc21. The lowest BCUT2D eigenvalue weighted by Gasteiger charge is -2.38. The lowest BCUT2D eigenvalue weighted by atomic mass is 9.89. The number of ether oxygens (including phenoxy) is 1. The van der Waals surface area contributed by atoms with Gasteiger partial charge in [0.15, 0.2) is 0 Å². The van der Waals surface area contributed by atoms with Crippen LogP contribution < -0.4 is 10.1 Å². The summed E-state index contributed by atoms with van der Waals surface area (Å²) in [4.78, 5) is 0. The molecule has 1 N–H and O–H groups in total. The summed E-state index contributed by atoms with van der Waals surface area (Å²) in [7, 11) is -2.84. The minimum absolute atomic E-state index is 0.0786. The largest absolute Gasteiger partial charge is 0.487 e. The van der Waals surface area contributed by atoms with Crippen molar-refractivity contribution in [3.63, 3.8) is 0 Å². The Hall–Kier alpha value is -1.14. The monoisotopic (exact) mass is 371 g/mol. The zero-order valence-electron chi connectivity index (χ0n) is 15.5. The first kappa shape index (κ1) is 20.2. The van der Waals surface area contributed by atoms with E-state index in [-0.39, 0.29) is 29.0 Å². The normalized spacial score (nSPS) is 19.3. The highest BCUT2D eigenvalue weighted by Gasteiger charge is 2.33. The molecule has 0 aromatic heterocycles. The number of unbranched alkanes of at least 4 members (excludes halogenated alkanes) is 3. The van der Waals surface area contributed by atoms with Gasteiger partial charge >= 0.3 is 0 Å². The van der Waals surface area contributed by atoms with Crippen molar-refractivity contribution in [1.82, 2.24) is 5.32 Å². The Morgan fingerprint density at radius 3 is 2.68 bits per heavy atom. The molecule has 1 atom stereocenters. The minimum atomic E-state index is -2.84. The number of benzene rings is 1. The van der Waals surface area contributed by atoms with Crippen LogP contribution in [0, 0.1) is 5.82 Å². The highest BCUT2D eigenvalue weighted by molar-refractivity contribution is 7.91. The van der Waals surface area contributed by atoms with Gasteiger partial charge in [-0.25, -0.2) is 12.8 Å². The van der Waals surface area contributed by atoms with Crippen LogP contribution in [0.4, 0.5) is 4.39 Å². The Morgan fingerprint density at radius 2 is 1.96 bits per heavy atom. The Kier molecular flexibility index (Phi) is 6.86. The molecule has 0 spiro atoms. The molecule has 1 aliphatic rings. The number of rotatable bonds is 9. The van der Waals surface area contributed by atoms with E-state index < -0.39 is 9.84 Å². The smallest absolute Gasteiger partial charge is 0.150 e. The molecular weight excluding hydrogens is 341 g/mol. The molecule has 1 aromatic carbocycles. The number of hydrogen-bond acceptors (Lipinski definition) is 4. The fourth-order valence-electron chi connectivity index (χ4n) is 3.23. The van der Waals surface area contributed by atoms with Gasteiger partial charge in [-0.1, -0.05) is 19.8 Å². The average Bonchev–Trinajstić information content (AvgIpc) is 2.53. The van der Waals surface area contributed by atoms with Gasteiger partial charge < -0.3 is 10.1 Å². The van der Waals surface area contributed by atoms with E-state index in [1.165, 1.54) is 6.07 Å². The van der Waals surface area contributed by atoms with Crippen molar-refractivity contribution < 1.29 is 17.5 Å². The van der Waals surface area contributed by atoms with Gasteiger partial charge in [0.05, 0.1) is 5.75 Å². The molecule has 0 fully saturated rings. The van der Waals surface area contributed by atoms with E-state index in [0.29, 0.717) is 0 Å². The molecule has 1 heterocycles. The standard InChI is InChI=1S/C19H30FNO3S/c1-4-25(22,23)12-8-6-5-7-11-21-17-14-19(2,3)24-18-10-9-15(20)13-16(17)18/h9-10,13,17,21H,4-8,11-12,14H2,1-3H3. The van der Waals surface area contributed by atoms with Crippen molar-refractivity contribution in [2.45, 2.75) is 64.5 Å². The summed E-state index contributed by atoms with van der Waals surface area (Å²) in [6, 6.07) is 4.77. The molecule has 0 bridgehead atoms. The van der Waals surface area contributed by atoms with Gasteiger partial charge in [-0.2, -0.15) is 0 Å². The molecule has 1 unspecified atom stereocenters. The van der Waals surface area contributed by atoms with Crippen molar-refractivity contribution in [2.24, 2.45) is 0 Å². The quantitative estimate of drug-likeness (QED) is 0.666. The molecule has 25 heavy (non-hydrogen) atoms. The Balaban J connectivity index is 1.78. The van der Waals surface area contributed by atoms with Gasteiger partial charge in [0.1, 0.15) is 27.0 Å². The third-order valence-corrected chi connectivity index (χ3v) is 6.43. The van der Waals surface area contributed by atoms with Crippen LogP contribution in [0.25, 0.3) is 0 Å². The molecule has 2 rings (SSSR count). The first-order chi connectivity index (χ1) is 11.7. The topological polar surface area (TPSA) is 55.4 Å². The fourth-order valence-corrected chi connectivity index (χ4v) is 4.16. The van der Waals surface area contributed by atoms with E-state index in [2.05, 4.69) is 5.32 Å². The molecule has 0 amide bonds. The second-order valence-electron chi connectivity index (χ2n) is 7.41. The lowest BCUT2D eigenvalue weighted by Crippen LogP contribution is -2.39. The summed E-state index contributed by atoms with van der Waals surface area (Å²) in [5.74, 6) is 1.02. The van der Waals surface area contributed by atoms with Gasteiger partial charge in [0.25, 0.3) is 0 Å². The summed E-state index contributed by atoms with van der Waals surface area (Å²) >= 11 is 0. The Morgan fingerprint density at radius 1 is 1.24 bits per heavy atom. The van der Waals surface area contributed by atoms with Gasteiger partial charge in [0, 0.05) is 23.8 Å². The summed E-state index contributed by atoms with van der Waals surface area (Å²) in [6.07, 6.45) is 4.42. The summed E-state index contributed by atoms with van der Waals surface area (Å²) in [5.41, 5.74) is 0.602. The van der Waals surface area contributed by atoms with Crippen molar-refractivity contribution in [3.8, 4) is 5.75 Å². The number of sulfone groups is 1. The first-order valence-electron chi connectivity index (χ1n) is 9.15. The Labute approximate surface area is 151 Å². The van der Waals surface area contributed by atoms with Crippen LogP contribution in [0.15, 0.2) is 18.2 Å². The van der Waals surface area contributed by atoms with E-state index in [4.69, 9.17) is 4.74 Å². The third kappa shape index (κ3) is 6.26. The molecule has 4 nitrogen and oxygen atoms in total. The molecule has 0 saturated carbocycles. The van der Waals surface area contributed by atoms with E-state index >= 15 is 0 Å². The van der Waals surface area contributed by atoms with Crippen LogP contribution in [0.5, 0.6) is 5.75 Å². The molecule has 1 aliphatic heterocycles. The summed E-state index contributed by atoms with van der Waals surface area (Å²) in [5, 5.41) is 3.51. The summed E-state index contributed by atoms with van der Waals surface area (Å²) < 4.78 is 42.4. The van der Waals surface area contributed by atoms with Crippen LogP contribution in [0.3, 0.4) is 0 Å². The third-order valence-electron chi connectivity index (χ3n) is 4.64. The highest BCUT2D eigenvalue weighted by atomic mass is 32.2. The zero-order valence-corrected chi connectivity index (χ0v) is 16.3. The van der Waals surface area contributed by atoms with E-state index in [0.717, 1.165) is 50.0 Å². The van der Waals surface area contributed by atoms with Crippen molar-refractivity contribution in [2.75, 3.05) is 18.1 Å². The minimum Gasteiger partial charge on any atom is -0.487 e. The molecule has 142 valence electrons. The van der Waals surface area contributed by atoms with Crippen molar-refractivity contribution in [1.29, 1.82) is 0 Å². The molecule has 6 heteroatoms. The van der Waals surface area contributed by atoms with Crippen LogP contribution in [-0.4, -0.2) is 32.1 Å². The first-order valence-corrected chi connectivity index (χ1v) is 11.0. The zero-order chi connectivity index (χ0) is 18.5. The van der Waals surface area contributed by atoms with Gasteiger partial charge in [-0.05, 0) is 51.4 Å². The molecular formula is C19H30FNO3S. The van der Waals surface area contributed by atoms with Gasteiger partial charge in [0.2, 0.25) is 0 Å². The number of nitrogens with one attached hydrogen (secondary N) is 1. The highest BCUT2D eigenvalue weighted by Crippen LogP contribution is 2.39. The Bertz CT molecular complexity index is 673. The van der Waals surface area contributed by atoms with Crippen LogP contribution in [-0.2, 0) is 9.84 Å². The second-order valence-corrected chi connectivity index (χ2v) is 9.88. The number of halogens is 1. The van der Waals surface area contributed by atoms with E-state index in [9.17, 15) is 12.8 Å². The maximum atomic E-state index is 13.6. The van der Waals surface area contributed by atoms with Crippen LogP contribution >= 0.6 is 0 Å². The predicted molar refractivity (Wildman–Crippen MR) is 99.3 cm³/mol. The van der Waals surface area contributed by atoms with E-state index in [1.807, 2.05) is 13.8 Å².